The van der Waals surface area contributed by atoms with Gasteiger partial charge in [-0.2, -0.15) is 0 Å². The SMILES string of the molecule is CC(CC(N)=NO)N(C)c1nc[nH]c(=O)c1Cl. The fourth-order valence-corrected chi connectivity index (χ4v) is 1.55. The molecule has 1 unspecified atom stereocenters. The Morgan fingerprint density at radius 1 is 1.82 bits per heavy atom. The van der Waals surface area contributed by atoms with E-state index in [0.29, 0.717) is 12.2 Å². The number of aromatic nitrogens is 2. The van der Waals surface area contributed by atoms with E-state index >= 15 is 0 Å². The molecule has 1 aromatic heterocycles. The fourth-order valence-electron chi connectivity index (χ4n) is 1.31. The van der Waals surface area contributed by atoms with Gasteiger partial charge in [0.15, 0.2) is 5.82 Å². The summed E-state index contributed by atoms with van der Waals surface area (Å²) in [6.07, 6.45) is 1.61. The number of nitrogens with one attached hydrogen (secondary N) is 1. The third-order valence-electron chi connectivity index (χ3n) is 2.41. The van der Waals surface area contributed by atoms with Crippen molar-refractivity contribution in [3.05, 3.63) is 21.7 Å². The van der Waals surface area contributed by atoms with Gasteiger partial charge in [-0.05, 0) is 6.92 Å². The number of hydrogen-bond acceptors (Lipinski definition) is 5. The van der Waals surface area contributed by atoms with Gasteiger partial charge in [0, 0.05) is 19.5 Å². The topological polar surface area (TPSA) is 108 Å². The van der Waals surface area contributed by atoms with E-state index in [1.807, 2.05) is 6.92 Å². The number of hydrogen-bond donors (Lipinski definition) is 3. The van der Waals surface area contributed by atoms with Crippen LogP contribution >= 0.6 is 11.6 Å². The lowest BCUT2D eigenvalue weighted by Crippen LogP contribution is -2.34. The molecule has 1 aromatic rings. The zero-order chi connectivity index (χ0) is 13.0. The number of halogens is 1. The molecule has 7 nitrogen and oxygen atoms in total. The van der Waals surface area contributed by atoms with Crippen molar-refractivity contribution in [1.29, 1.82) is 0 Å². The van der Waals surface area contributed by atoms with Crippen molar-refractivity contribution in [2.45, 2.75) is 19.4 Å². The fraction of sp³-hybridized carbons (Fsp3) is 0.444. The monoisotopic (exact) mass is 259 g/mol. The van der Waals surface area contributed by atoms with Gasteiger partial charge in [-0.15, -0.1) is 0 Å². The lowest BCUT2D eigenvalue weighted by atomic mass is 10.2. The molecule has 0 bridgehead atoms. The van der Waals surface area contributed by atoms with Crippen molar-refractivity contribution in [3.8, 4) is 0 Å². The minimum atomic E-state index is -0.403. The Bertz CT molecular complexity index is 473. The van der Waals surface area contributed by atoms with Crippen LogP contribution in [-0.2, 0) is 0 Å². The van der Waals surface area contributed by atoms with Gasteiger partial charge in [0.25, 0.3) is 5.56 Å². The predicted molar refractivity (Wildman–Crippen MR) is 65.8 cm³/mol. The predicted octanol–water partition coefficient (Wildman–Crippen LogP) is 0.384. The molecule has 17 heavy (non-hydrogen) atoms. The molecule has 1 rings (SSSR count). The van der Waals surface area contributed by atoms with E-state index in [4.69, 9.17) is 22.5 Å². The van der Waals surface area contributed by atoms with Gasteiger partial charge >= 0.3 is 0 Å². The summed E-state index contributed by atoms with van der Waals surface area (Å²) in [5, 5.41) is 11.4. The zero-order valence-electron chi connectivity index (χ0n) is 9.51. The Morgan fingerprint density at radius 3 is 3.06 bits per heavy atom. The van der Waals surface area contributed by atoms with E-state index in [0.717, 1.165) is 0 Å². The molecule has 0 aliphatic rings. The molecule has 0 fully saturated rings. The van der Waals surface area contributed by atoms with Crippen molar-refractivity contribution >= 4 is 23.3 Å². The summed E-state index contributed by atoms with van der Waals surface area (Å²) < 4.78 is 0. The van der Waals surface area contributed by atoms with Crippen molar-refractivity contribution in [1.82, 2.24) is 9.97 Å². The van der Waals surface area contributed by atoms with Crippen molar-refractivity contribution in [2.24, 2.45) is 10.9 Å². The number of amidine groups is 1. The van der Waals surface area contributed by atoms with Gasteiger partial charge in [-0.3, -0.25) is 4.79 Å². The Kier molecular flexibility index (Phi) is 4.33. The van der Waals surface area contributed by atoms with Crippen LogP contribution in [0.1, 0.15) is 13.3 Å². The molecule has 0 aliphatic carbocycles. The van der Waals surface area contributed by atoms with Crippen LogP contribution < -0.4 is 16.2 Å². The van der Waals surface area contributed by atoms with Crippen molar-refractivity contribution in [2.75, 3.05) is 11.9 Å². The summed E-state index contributed by atoms with van der Waals surface area (Å²) in [4.78, 5) is 19.4. The smallest absolute Gasteiger partial charge is 0.271 e. The summed E-state index contributed by atoms with van der Waals surface area (Å²) in [6.45, 7) is 1.84. The van der Waals surface area contributed by atoms with E-state index in [-0.39, 0.29) is 16.9 Å². The standard InChI is InChI=1S/C9H14ClN5O2/c1-5(3-6(11)14-17)15(2)8-7(10)9(16)13-4-12-8/h4-5,17H,3H2,1-2H3,(H2,11,14)(H,12,13,16). The number of H-pyrrole nitrogens is 1. The molecule has 0 aliphatic heterocycles. The molecule has 0 aromatic carbocycles. The molecular formula is C9H14ClN5O2. The van der Waals surface area contributed by atoms with Crippen LogP contribution in [0.4, 0.5) is 5.82 Å². The minimum Gasteiger partial charge on any atom is -0.409 e. The van der Waals surface area contributed by atoms with E-state index < -0.39 is 5.56 Å². The highest BCUT2D eigenvalue weighted by molar-refractivity contribution is 6.32. The molecule has 0 saturated carbocycles. The molecule has 0 saturated heterocycles. The maximum absolute atomic E-state index is 11.3. The first-order valence-corrected chi connectivity index (χ1v) is 5.27. The largest absolute Gasteiger partial charge is 0.409 e. The van der Waals surface area contributed by atoms with E-state index in [1.165, 1.54) is 6.33 Å². The number of nitrogens with zero attached hydrogens (tertiary/aromatic N) is 3. The third kappa shape index (κ3) is 3.10. The molecule has 0 spiro atoms. The quantitative estimate of drug-likeness (QED) is 0.314. The summed E-state index contributed by atoms with van der Waals surface area (Å²) in [5.41, 5.74) is 5.01. The van der Waals surface area contributed by atoms with Gasteiger partial charge in [0.05, 0.1) is 6.33 Å². The second-order valence-electron chi connectivity index (χ2n) is 3.62. The molecular weight excluding hydrogens is 246 g/mol. The molecule has 1 heterocycles. The van der Waals surface area contributed by atoms with Crippen LogP contribution in [0.2, 0.25) is 5.02 Å². The van der Waals surface area contributed by atoms with Crippen LogP contribution in [0.25, 0.3) is 0 Å². The number of anilines is 1. The van der Waals surface area contributed by atoms with E-state index in [1.54, 1.807) is 11.9 Å². The average Bonchev–Trinajstić information content (AvgIpc) is 2.31. The van der Waals surface area contributed by atoms with Crippen LogP contribution in [0.5, 0.6) is 0 Å². The molecule has 1 atom stereocenters. The lowest BCUT2D eigenvalue weighted by molar-refractivity contribution is 0.316. The van der Waals surface area contributed by atoms with Gasteiger partial charge in [-0.1, -0.05) is 16.8 Å². The van der Waals surface area contributed by atoms with Gasteiger partial charge in [0.2, 0.25) is 0 Å². The highest BCUT2D eigenvalue weighted by Crippen LogP contribution is 2.19. The number of oxime groups is 1. The zero-order valence-corrected chi connectivity index (χ0v) is 10.3. The second kappa shape index (κ2) is 5.53. The van der Waals surface area contributed by atoms with Gasteiger partial charge in [-0.25, -0.2) is 4.98 Å². The third-order valence-corrected chi connectivity index (χ3v) is 2.75. The van der Waals surface area contributed by atoms with Crippen molar-refractivity contribution in [3.63, 3.8) is 0 Å². The summed E-state index contributed by atoms with van der Waals surface area (Å²) in [5.74, 6) is 0.457. The number of nitrogens with two attached hydrogens (primary N) is 1. The Balaban J connectivity index is 2.92. The van der Waals surface area contributed by atoms with Crippen LogP contribution in [0, 0.1) is 0 Å². The second-order valence-corrected chi connectivity index (χ2v) is 4.00. The van der Waals surface area contributed by atoms with E-state index in [9.17, 15) is 4.79 Å². The molecule has 8 heteroatoms. The first-order chi connectivity index (χ1) is 7.97. The lowest BCUT2D eigenvalue weighted by Gasteiger charge is -2.25. The molecule has 4 N–H and O–H groups in total. The summed E-state index contributed by atoms with van der Waals surface area (Å²) >= 11 is 5.84. The molecule has 0 amide bonds. The molecule has 0 radical (unpaired) electrons. The first kappa shape index (κ1) is 13.3. The molecule has 94 valence electrons. The maximum atomic E-state index is 11.3. The van der Waals surface area contributed by atoms with Crippen LogP contribution in [0.3, 0.4) is 0 Å². The summed E-state index contributed by atoms with van der Waals surface area (Å²) in [6, 6.07) is -0.113. The maximum Gasteiger partial charge on any atom is 0.271 e. The van der Waals surface area contributed by atoms with E-state index in [2.05, 4.69) is 15.1 Å². The Labute approximate surface area is 103 Å². The number of aromatic amines is 1. The average molecular weight is 260 g/mol. The number of rotatable bonds is 4. The Morgan fingerprint density at radius 2 is 2.47 bits per heavy atom. The Hall–Kier alpha value is -1.76. The highest BCUT2D eigenvalue weighted by atomic mass is 35.5. The van der Waals surface area contributed by atoms with Crippen molar-refractivity contribution < 1.29 is 5.21 Å². The highest BCUT2D eigenvalue weighted by Gasteiger charge is 2.17. The first-order valence-electron chi connectivity index (χ1n) is 4.89. The van der Waals surface area contributed by atoms with Crippen LogP contribution in [0.15, 0.2) is 16.3 Å². The van der Waals surface area contributed by atoms with Gasteiger partial charge < -0.3 is 20.8 Å². The van der Waals surface area contributed by atoms with Gasteiger partial charge in [0.1, 0.15) is 10.9 Å². The minimum absolute atomic E-state index is 0.0151. The van der Waals surface area contributed by atoms with Crippen LogP contribution in [-0.4, -0.2) is 34.1 Å². The summed E-state index contributed by atoms with van der Waals surface area (Å²) in [7, 11) is 1.73. The normalized spacial score (nSPS) is 13.5.